The fraction of sp³-hybridized carbons (Fsp3) is 1.00. The van der Waals surface area contributed by atoms with Gasteiger partial charge in [0, 0.05) is 6.54 Å². The lowest BCUT2D eigenvalue weighted by Crippen LogP contribution is -2.35. The average Bonchev–Trinajstić information content (AvgIpc) is 1.99. The summed E-state index contributed by atoms with van der Waals surface area (Å²) in [4.78, 5) is 0. The number of hydrogen-bond acceptors (Lipinski definition) is 2. The summed E-state index contributed by atoms with van der Waals surface area (Å²) in [5.74, 6) is 0.892. The van der Waals surface area contributed by atoms with Gasteiger partial charge < -0.3 is 0 Å². The fourth-order valence-electron chi connectivity index (χ4n) is 0.650. The summed E-state index contributed by atoms with van der Waals surface area (Å²) in [6.45, 7) is 10.1. The minimum absolute atomic E-state index is 0.341. The van der Waals surface area contributed by atoms with Crippen LogP contribution >= 0.6 is 0 Å². The first-order valence-electron chi connectivity index (χ1n) is 4.76. The summed E-state index contributed by atoms with van der Waals surface area (Å²) >= 11 is 0. The number of nitrogens with one attached hydrogen (secondary N) is 1. The number of sulfonamides is 1. The zero-order valence-electron chi connectivity index (χ0n) is 9.16. The molecule has 0 aromatic heterocycles. The molecular formula is C9H21NO2S. The van der Waals surface area contributed by atoms with Gasteiger partial charge in [-0.1, -0.05) is 20.8 Å². The van der Waals surface area contributed by atoms with E-state index < -0.39 is 10.0 Å². The molecule has 0 aliphatic heterocycles. The highest BCUT2D eigenvalue weighted by Gasteiger charge is 2.17. The highest BCUT2D eigenvalue weighted by Crippen LogP contribution is 2.08. The van der Waals surface area contributed by atoms with E-state index in [-0.39, 0.29) is 5.25 Å². The average molecular weight is 207 g/mol. The molecule has 80 valence electrons. The minimum atomic E-state index is -3.08. The quantitative estimate of drug-likeness (QED) is 0.744. The van der Waals surface area contributed by atoms with Gasteiger partial charge in [-0.2, -0.15) is 0 Å². The summed E-state index contributed by atoms with van der Waals surface area (Å²) in [6.07, 6.45) is 0. The van der Waals surface area contributed by atoms with Crippen molar-refractivity contribution in [1.82, 2.24) is 4.72 Å². The molecule has 0 aromatic carbocycles. The summed E-state index contributed by atoms with van der Waals surface area (Å²) < 4.78 is 25.3. The van der Waals surface area contributed by atoms with Crippen molar-refractivity contribution in [1.29, 1.82) is 0 Å². The Morgan fingerprint density at radius 1 is 1.08 bits per heavy atom. The monoisotopic (exact) mass is 207 g/mol. The van der Waals surface area contributed by atoms with Crippen molar-refractivity contribution in [3.63, 3.8) is 0 Å². The maximum Gasteiger partial charge on any atom is 0.213 e. The van der Waals surface area contributed by atoms with Crippen LogP contribution < -0.4 is 4.72 Å². The minimum Gasteiger partial charge on any atom is -0.215 e. The van der Waals surface area contributed by atoms with Crippen LogP contribution in [-0.2, 0) is 10.0 Å². The van der Waals surface area contributed by atoms with E-state index in [9.17, 15) is 8.42 Å². The number of rotatable bonds is 5. The second kappa shape index (κ2) is 4.96. The molecule has 0 bridgehead atoms. The van der Waals surface area contributed by atoms with Gasteiger partial charge in [-0.05, 0) is 25.7 Å². The third-order valence-corrected chi connectivity index (χ3v) is 4.18. The van der Waals surface area contributed by atoms with Crippen molar-refractivity contribution < 1.29 is 8.42 Å². The Morgan fingerprint density at radius 2 is 1.54 bits per heavy atom. The van der Waals surface area contributed by atoms with Gasteiger partial charge in [0.2, 0.25) is 10.0 Å². The first-order valence-corrected chi connectivity index (χ1v) is 6.30. The Morgan fingerprint density at radius 3 is 1.85 bits per heavy atom. The van der Waals surface area contributed by atoms with Crippen LogP contribution in [0.1, 0.15) is 34.6 Å². The van der Waals surface area contributed by atoms with E-state index in [0.29, 0.717) is 18.4 Å². The molecule has 1 atom stereocenters. The van der Waals surface area contributed by atoms with E-state index in [2.05, 4.69) is 18.6 Å². The summed E-state index contributed by atoms with van der Waals surface area (Å²) in [7, 11) is -3.08. The SMILES string of the molecule is CC(C)C(C)CNS(=O)(=O)C(C)C. The largest absolute Gasteiger partial charge is 0.215 e. The van der Waals surface area contributed by atoms with E-state index in [1.165, 1.54) is 0 Å². The lowest BCUT2D eigenvalue weighted by Gasteiger charge is -2.17. The molecule has 0 aromatic rings. The van der Waals surface area contributed by atoms with Gasteiger partial charge in [0.25, 0.3) is 0 Å². The van der Waals surface area contributed by atoms with Crippen molar-refractivity contribution in [2.45, 2.75) is 39.9 Å². The van der Waals surface area contributed by atoms with Crippen LogP contribution in [0.4, 0.5) is 0 Å². The second-order valence-corrected chi connectivity index (χ2v) is 6.49. The van der Waals surface area contributed by atoms with Gasteiger partial charge in [0.15, 0.2) is 0 Å². The molecule has 0 aliphatic carbocycles. The molecule has 0 amide bonds. The maximum atomic E-state index is 11.3. The molecule has 13 heavy (non-hydrogen) atoms. The van der Waals surface area contributed by atoms with E-state index in [4.69, 9.17) is 0 Å². The van der Waals surface area contributed by atoms with Crippen LogP contribution in [0, 0.1) is 11.8 Å². The molecule has 3 nitrogen and oxygen atoms in total. The van der Waals surface area contributed by atoms with Crippen molar-refractivity contribution in [2.75, 3.05) is 6.54 Å². The van der Waals surface area contributed by atoms with Gasteiger partial charge >= 0.3 is 0 Å². The van der Waals surface area contributed by atoms with Crippen molar-refractivity contribution in [3.05, 3.63) is 0 Å². The summed E-state index contributed by atoms with van der Waals surface area (Å²) in [5.41, 5.74) is 0. The van der Waals surface area contributed by atoms with Gasteiger partial charge in [-0.25, -0.2) is 13.1 Å². The van der Waals surface area contributed by atoms with Crippen LogP contribution in [0.2, 0.25) is 0 Å². The van der Waals surface area contributed by atoms with E-state index in [0.717, 1.165) is 0 Å². The fourth-order valence-corrected chi connectivity index (χ4v) is 1.48. The smallest absolute Gasteiger partial charge is 0.213 e. The van der Waals surface area contributed by atoms with E-state index >= 15 is 0 Å². The molecule has 4 heteroatoms. The predicted molar refractivity (Wildman–Crippen MR) is 56.1 cm³/mol. The molecule has 0 radical (unpaired) electrons. The molecule has 1 unspecified atom stereocenters. The molecule has 0 rings (SSSR count). The lowest BCUT2D eigenvalue weighted by atomic mass is 9.99. The molecule has 0 saturated carbocycles. The van der Waals surface area contributed by atoms with Crippen LogP contribution in [0.3, 0.4) is 0 Å². The molecule has 0 aliphatic rings. The zero-order valence-corrected chi connectivity index (χ0v) is 9.98. The first-order chi connectivity index (χ1) is 5.77. The van der Waals surface area contributed by atoms with Crippen molar-refractivity contribution >= 4 is 10.0 Å². The van der Waals surface area contributed by atoms with Gasteiger partial charge in [0.1, 0.15) is 0 Å². The Bertz CT molecular complexity index is 232. The second-order valence-electron chi connectivity index (χ2n) is 4.16. The van der Waals surface area contributed by atoms with E-state index in [1.807, 2.05) is 6.92 Å². The Balaban J connectivity index is 4.04. The Labute approximate surface area is 82.0 Å². The molecule has 0 fully saturated rings. The lowest BCUT2D eigenvalue weighted by molar-refractivity contribution is 0.414. The third-order valence-electron chi connectivity index (χ3n) is 2.37. The summed E-state index contributed by atoms with van der Waals surface area (Å²) in [5, 5.41) is -0.341. The highest BCUT2D eigenvalue weighted by molar-refractivity contribution is 7.90. The zero-order chi connectivity index (χ0) is 10.6. The van der Waals surface area contributed by atoms with Gasteiger partial charge in [-0.15, -0.1) is 0 Å². The molecule has 0 saturated heterocycles. The van der Waals surface area contributed by atoms with Gasteiger partial charge in [-0.3, -0.25) is 0 Å². The molecular weight excluding hydrogens is 186 g/mol. The maximum absolute atomic E-state index is 11.3. The standard InChI is InChI=1S/C9H21NO2S/c1-7(2)9(5)6-10-13(11,12)8(3)4/h7-10H,6H2,1-5H3. The molecule has 0 heterocycles. The Hall–Kier alpha value is -0.0900. The molecule has 1 N–H and O–H groups in total. The highest BCUT2D eigenvalue weighted by atomic mass is 32.2. The summed E-state index contributed by atoms with van der Waals surface area (Å²) in [6, 6.07) is 0. The van der Waals surface area contributed by atoms with Crippen LogP contribution in [0.5, 0.6) is 0 Å². The predicted octanol–water partition coefficient (Wildman–Crippen LogP) is 1.61. The van der Waals surface area contributed by atoms with Crippen molar-refractivity contribution in [3.8, 4) is 0 Å². The Kier molecular flexibility index (Phi) is 4.92. The normalized spacial score (nSPS) is 15.3. The van der Waals surface area contributed by atoms with E-state index in [1.54, 1.807) is 13.8 Å². The van der Waals surface area contributed by atoms with Crippen LogP contribution in [0.25, 0.3) is 0 Å². The topological polar surface area (TPSA) is 46.2 Å². The van der Waals surface area contributed by atoms with Crippen molar-refractivity contribution in [2.24, 2.45) is 11.8 Å². The molecule has 0 spiro atoms. The van der Waals surface area contributed by atoms with Crippen LogP contribution in [-0.4, -0.2) is 20.2 Å². The third kappa shape index (κ3) is 4.62. The van der Waals surface area contributed by atoms with Crippen LogP contribution in [0.15, 0.2) is 0 Å². The number of hydrogen-bond donors (Lipinski definition) is 1. The van der Waals surface area contributed by atoms with Gasteiger partial charge in [0.05, 0.1) is 5.25 Å². The first kappa shape index (κ1) is 12.9.